The molecule has 2 N–H and O–H groups in total. The van der Waals surface area contributed by atoms with Gasteiger partial charge in [0.1, 0.15) is 12.4 Å². The first-order chi connectivity index (χ1) is 9.25. The van der Waals surface area contributed by atoms with E-state index >= 15 is 0 Å². The van der Waals surface area contributed by atoms with Crippen LogP contribution in [-0.2, 0) is 6.61 Å². The van der Waals surface area contributed by atoms with E-state index in [0.717, 1.165) is 16.9 Å². The molecule has 2 aromatic carbocycles. The predicted molar refractivity (Wildman–Crippen MR) is 72.5 cm³/mol. The monoisotopic (exact) mass is 257 g/mol. The summed E-state index contributed by atoms with van der Waals surface area (Å²) in [4.78, 5) is 0. The van der Waals surface area contributed by atoms with Gasteiger partial charge in [-0.15, -0.1) is 0 Å². The van der Waals surface area contributed by atoms with Gasteiger partial charge in [-0.3, -0.25) is 0 Å². The average Bonchev–Trinajstić information content (AvgIpc) is 2.92. The van der Waals surface area contributed by atoms with Crippen LogP contribution in [0.15, 0.2) is 36.4 Å². The van der Waals surface area contributed by atoms with E-state index in [1.165, 1.54) is 0 Å². The lowest BCUT2D eigenvalue weighted by molar-refractivity contribution is 0.173. The van der Waals surface area contributed by atoms with Gasteiger partial charge in [-0.1, -0.05) is 30.3 Å². The third-order valence-corrected chi connectivity index (χ3v) is 3.11. The summed E-state index contributed by atoms with van der Waals surface area (Å²) in [6, 6.07) is 11.8. The van der Waals surface area contributed by atoms with E-state index in [9.17, 15) is 0 Å². The summed E-state index contributed by atoms with van der Waals surface area (Å²) in [7, 11) is 0. The summed E-state index contributed by atoms with van der Waals surface area (Å²) in [5.41, 5.74) is 8.49. The molecule has 0 radical (unpaired) electrons. The van der Waals surface area contributed by atoms with Crippen LogP contribution < -0.4 is 19.9 Å². The standard InChI is InChI=1S/C15H15NO3/c1-10-13(17-8-11-5-3-2-4-6-11)7-12(16)15-14(10)18-9-19-15/h2-7H,8-9,16H2,1H3. The third kappa shape index (κ3) is 2.17. The first kappa shape index (κ1) is 11.7. The van der Waals surface area contributed by atoms with Crippen molar-refractivity contribution < 1.29 is 14.2 Å². The zero-order valence-corrected chi connectivity index (χ0v) is 10.7. The highest BCUT2D eigenvalue weighted by molar-refractivity contribution is 5.68. The number of nitrogens with two attached hydrogens (primary N) is 1. The quantitative estimate of drug-likeness (QED) is 0.859. The van der Waals surface area contributed by atoms with Gasteiger partial charge >= 0.3 is 0 Å². The Hall–Kier alpha value is -2.36. The second-order valence-electron chi connectivity index (χ2n) is 4.43. The summed E-state index contributed by atoms with van der Waals surface area (Å²) in [6.07, 6.45) is 0. The Morgan fingerprint density at radius 1 is 1.16 bits per heavy atom. The molecule has 0 spiro atoms. The highest BCUT2D eigenvalue weighted by Gasteiger charge is 2.22. The van der Waals surface area contributed by atoms with Gasteiger partial charge in [0.15, 0.2) is 11.5 Å². The van der Waals surface area contributed by atoms with Gasteiger partial charge in [-0.05, 0) is 12.5 Å². The Kier molecular flexibility index (Phi) is 2.91. The van der Waals surface area contributed by atoms with Crippen molar-refractivity contribution in [3.8, 4) is 17.2 Å². The van der Waals surface area contributed by atoms with Gasteiger partial charge in [-0.2, -0.15) is 0 Å². The lowest BCUT2D eigenvalue weighted by Gasteiger charge is -2.12. The van der Waals surface area contributed by atoms with Crippen LogP contribution in [0.1, 0.15) is 11.1 Å². The second kappa shape index (κ2) is 4.72. The predicted octanol–water partition coefficient (Wildman–Crippen LogP) is 2.88. The number of nitrogen functional groups attached to an aromatic ring is 1. The van der Waals surface area contributed by atoms with Gasteiger partial charge in [0.25, 0.3) is 0 Å². The van der Waals surface area contributed by atoms with Crippen molar-refractivity contribution in [1.29, 1.82) is 0 Å². The van der Waals surface area contributed by atoms with Crippen LogP contribution in [0.3, 0.4) is 0 Å². The Bertz CT molecular complexity index is 596. The van der Waals surface area contributed by atoms with Crippen molar-refractivity contribution in [2.75, 3.05) is 12.5 Å². The highest BCUT2D eigenvalue weighted by Crippen LogP contribution is 2.45. The van der Waals surface area contributed by atoms with Crippen LogP contribution in [0.4, 0.5) is 5.69 Å². The number of hydrogen-bond donors (Lipinski definition) is 1. The molecule has 1 aliphatic rings. The van der Waals surface area contributed by atoms with Crippen LogP contribution >= 0.6 is 0 Å². The molecule has 0 atom stereocenters. The van der Waals surface area contributed by atoms with Crippen LogP contribution in [0.25, 0.3) is 0 Å². The summed E-state index contributed by atoms with van der Waals surface area (Å²) in [5.74, 6) is 2.03. The molecular weight excluding hydrogens is 242 g/mol. The van der Waals surface area contributed by atoms with Crippen molar-refractivity contribution in [2.24, 2.45) is 0 Å². The topological polar surface area (TPSA) is 53.7 Å². The maximum Gasteiger partial charge on any atom is 0.231 e. The smallest absolute Gasteiger partial charge is 0.231 e. The van der Waals surface area contributed by atoms with Crippen LogP contribution in [0.5, 0.6) is 17.2 Å². The molecular formula is C15H15NO3. The van der Waals surface area contributed by atoms with Gasteiger partial charge in [-0.25, -0.2) is 0 Å². The largest absolute Gasteiger partial charge is 0.488 e. The fraction of sp³-hybridized carbons (Fsp3) is 0.200. The minimum absolute atomic E-state index is 0.211. The van der Waals surface area contributed by atoms with Crippen molar-refractivity contribution in [3.05, 3.63) is 47.5 Å². The van der Waals surface area contributed by atoms with E-state index in [1.807, 2.05) is 37.3 Å². The highest BCUT2D eigenvalue weighted by atomic mass is 16.7. The van der Waals surface area contributed by atoms with Crippen molar-refractivity contribution >= 4 is 5.69 Å². The number of anilines is 1. The second-order valence-corrected chi connectivity index (χ2v) is 4.43. The molecule has 4 heteroatoms. The Balaban J connectivity index is 1.84. The number of benzene rings is 2. The van der Waals surface area contributed by atoms with Crippen molar-refractivity contribution in [3.63, 3.8) is 0 Å². The molecule has 0 bridgehead atoms. The van der Waals surface area contributed by atoms with E-state index in [4.69, 9.17) is 19.9 Å². The van der Waals surface area contributed by atoms with Gasteiger partial charge < -0.3 is 19.9 Å². The lowest BCUT2D eigenvalue weighted by atomic mass is 10.1. The van der Waals surface area contributed by atoms with Gasteiger partial charge in [0, 0.05) is 11.6 Å². The Morgan fingerprint density at radius 2 is 1.89 bits per heavy atom. The van der Waals surface area contributed by atoms with E-state index in [-0.39, 0.29) is 6.79 Å². The first-order valence-electron chi connectivity index (χ1n) is 6.11. The first-order valence-corrected chi connectivity index (χ1v) is 6.11. The molecule has 1 aliphatic heterocycles. The van der Waals surface area contributed by atoms with Crippen LogP contribution in [-0.4, -0.2) is 6.79 Å². The summed E-state index contributed by atoms with van der Waals surface area (Å²) in [5, 5.41) is 0. The third-order valence-electron chi connectivity index (χ3n) is 3.11. The summed E-state index contributed by atoms with van der Waals surface area (Å²) < 4.78 is 16.6. The molecule has 0 unspecified atom stereocenters. The number of ether oxygens (including phenoxy) is 3. The van der Waals surface area contributed by atoms with Gasteiger partial charge in [0.2, 0.25) is 6.79 Å². The van der Waals surface area contributed by atoms with Crippen molar-refractivity contribution in [2.45, 2.75) is 13.5 Å². The molecule has 2 aromatic rings. The average molecular weight is 257 g/mol. The fourth-order valence-corrected chi connectivity index (χ4v) is 2.08. The Labute approximate surface area is 111 Å². The van der Waals surface area contributed by atoms with Gasteiger partial charge in [0.05, 0.1) is 5.69 Å². The van der Waals surface area contributed by atoms with E-state index in [0.29, 0.717) is 23.8 Å². The van der Waals surface area contributed by atoms with E-state index in [2.05, 4.69) is 0 Å². The normalized spacial score (nSPS) is 12.5. The number of rotatable bonds is 3. The zero-order chi connectivity index (χ0) is 13.2. The Morgan fingerprint density at radius 3 is 2.68 bits per heavy atom. The fourth-order valence-electron chi connectivity index (χ4n) is 2.08. The minimum Gasteiger partial charge on any atom is -0.488 e. The van der Waals surface area contributed by atoms with E-state index < -0.39 is 0 Å². The van der Waals surface area contributed by atoms with Crippen LogP contribution in [0, 0.1) is 6.92 Å². The molecule has 0 aromatic heterocycles. The van der Waals surface area contributed by atoms with Crippen LogP contribution in [0.2, 0.25) is 0 Å². The summed E-state index contributed by atoms with van der Waals surface area (Å²) >= 11 is 0. The molecule has 0 aliphatic carbocycles. The number of fused-ring (bicyclic) bond motifs is 1. The minimum atomic E-state index is 0.211. The maximum atomic E-state index is 5.93. The molecule has 1 heterocycles. The van der Waals surface area contributed by atoms with Crippen molar-refractivity contribution in [1.82, 2.24) is 0 Å². The molecule has 0 saturated carbocycles. The number of hydrogen-bond acceptors (Lipinski definition) is 4. The SMILES string of the molecule is Cc1c(OCc2ccccc2)cc(N)c2c1OCO2. The molecule has 0 saturated heterocycles. The molecule has 98 valence electrons. The molecule has 0 fully saturated rings. The molecule has 19 heavy (non-hydrogen) atoms. The van der Waals surface area contributed by atoms with E-state index in [1.54, 1.807) is 6.07 Å². The lowest BCUT2D eigenvalue weighted by Crippen LogP contribution is -1.99. The molecule has 4 nitrogen and oxygen atoms in total. The molecule has 3 rings (SSSR count). The maximum absolute atomic E-state index is 5.93. The summed E-state index contributed by atoms with van der Waals surface area (Å²) in [6.45, 7) is 2.65. The zero-order valence-electron chi connectivity index (χ0n) is 10.7. The molecule has 0 amide bonds.